The summed E-state index contributed by atoms with van der Waals surface area (Å²) < 4.78 is 18.2. The van der Waals surface area contributed by atoms with E-state index in [2.05, 4.69) is 12.1 Å². The summed E-state index contributed by atoms with van der Waals surface area (Å²) in [6, 6.07) is 21.0. The van der Waals surface area contributed by atoms with Crippen molar-refractivity contribution in [1.82, 2.24) is 5.16 Å². The highest BCUT2D eigenvalue weighted by atomic mass is 32.2. The Balaban J connectivity index is 1.50. The van der Waals surface area contributed by atoms with Gasteiger partial charge in [0.2, 0.25) is 5.91 Å². The molecule has 0 fully saturated rings. The summed E-state index contributed by atoms with van der Waals surface area (Å²) in [5, 5.41) is 13.0. The fraction of sp³-hybridized carbons (Fsp3) is 0.400. The average molecular weight is 539 g/mol. The van der Waals surface area contributed by atoms with Crippen LogP contribution in [0.4, 0.5) is 0 Å². The van der Waals surface area contributed by atoms with Crippen LogP contribution < -0.4 is 11.3 Å². The van der Waals surface area contributed by atoms with Crippen molar-refractivity contribution in [1.29, 1.82) is 0 Å². The largest absolute Gasteiger partial charge is 0.511 e. The molecule has 3 rings (SSSR count). The third kappa shape index (κ3) is 7.57. The van der Waals surface area contributed by atoms with E-state index in [0.29, 0.717) is 23.7 Å². The van der Waals surface area contributed by atoms with Crippen LogP contribution in [0, 0.1) is 0 Å². The number of rotatable bonds is 15. The van der Waals surface area contributed by atoms with Crippen LogP contribution in [0.2, 0.25) is 0 Å². The molecule has 3 aromatic rings. The van der Waals surface area contributed by atoms with E-state index in [1.165, 1.54) is 6.07 Å². The minimum atomic E-state index is -0.957. The predicted octanol–water partition coefficient (Wildman–Crippen LogP) is 5.25. The Kier molecular flexibility index (Phi) is 10.3. The molecule has 0 spiro atoms. The topological polar surface area (TPSA) is 126 Å². The van der Waals surface area contributed by atoms with Crippen molar-refractivity contribution in [3.8, 4) is 0 Å². The summed E-state index contributed by atoms with van der Waals surface area (Å²) >= 11 is 0. The zero-order valence-corrected chi connectivity index (χ0v) is 23.0. The first-order valence-electron chi connectivity index (χ1n) is 13.0. The van der Waals surface area contributed by atoms with Crippen molar-refractivity contribution < 1.29 is 18.6 Å². The summed E-state index contributed by atoms with van der Waals surface area (Å²) in [7, 11) is -0.957. The molecule has 0 saturated heterocycles. The van der Waals surface area contributed by atoms with E-state index >= 15 is 0 Å². The highest BCUT2D eigenvalue weighted by molar-refractivity contribution is 7.84. The van der Waals surface area contributed by atoms with Gasteiger partial charge < -0.3 is 15.4 Å². The van der Waals surface area contributed by atoms with Gasteiger partial charge in [-0.05, 0) is 50.7 Å². The average Bonchev–Trinajstić information content (AvgIpc) is 3.36. The molecule has 8 heteroatoms. The predicted molar refractivity (Wildman–Crippen MR) is 152 cm³/mol. The lowest BCUT2D eigenvalue weighted by Crippen LogP contribution is -2.26. The minimum absolute atomic E-state index is 0.0583. The lowest BCUT2D eigenvalue weighted by atomic mass is 9.76. The Bertz CT molecular complexity index is 1280. The summed E-state index contributed by atoms with van der Waals surface area (Å²) in [6.45, 7) is 3.96. The molecule has 0 aliphatic heterocycles. The summed E-state index contributed by atoms with van der Waals surface area (Å²) in [5.74, 6) is 1.04. The number of primary amides is 1. The van der Waals surface area contributed by atoms with Crippen LogP contribution in [0.1, 0.15) is 69.3 Å². The molecule has 204 valence electrons. The van der Waals surface area contributed by atoms with Gasteiger partial charge in [0.1, 0.15) is 11.5 Å². The van der Waals surface area contributed by atoms with Crippen LogP contribution in [-0.4, -0.2) is 31.9 Å². The second kappa shape index (κ2) is 13.4. The summed E-state index contributed by atoms with van der Waals surface area (Å²) in [4.78, 5) is 23.1. The number of aliphatic hydroxyl groups is 1. The number of H-pyrrole nitrogens is 1. The zero-order valence-electron chi connectivity index (χ0n) is 22.2. The van der Waals surface area contributed by atoms with Gasteiger partial charge >= 0.3 is 0 Å². The van der Waals surface area contributed by atoms with E-state index in [9.17, 15) is 18.9 Å². The molecular formula is C30H38N2O5S. The van der Waals surface area contributed by atoms with Crippen LogP contribution in [0.15, 0.2) is 87.9 Å². The molecule has 0 aliphatic rings. The second-order valence-electron chi connectivity index (χ2n) is 10.2. The van der Waals surface area contributed by atoms with Crippen LogP contribution in [-0.2, 0) is 26.4 Å². The monoisotopic (exact) mass is 538 g/mol. The molecule has 0 aliphatic carbocycles. The number of benzene rings is 2. The fourth-order valence-corrected chi connectivity index (χ4v) is 6.13. The molecule has 38 heavy (non-hydrogen) atoms. The third-order valence-electron chi connectivity index (χ3n) is 7.33. The number of hydrogen-bond donors (Lipinski definition) is 3. The first-order chi connectivity index (χ1) is 18.1. The van der Waals surface area contributed by atoms with Gasteiger partial charge in [-0.3, -0.25) is 13.8 Å². The molecule has 1 aromatic heterocycles. The maximum atomic E-state index is 12.7. The van der Waals surface area contributed by atoms with E-state index in [1.807, 2.05) is 67.6 Å². The number of unbranched alkanes of at least 4 members (excludes halogenated alkanes) is 2. The molecule has 1 heterocycles. The highest BCUT2D eigenvalue weighted by Gasteiger charge is 2.33. The van der Waals surface area contributed by atoms with Gasteiger partial charge in [0.15, 0.2) is 0 Å². The van der Waals surface area contributed by atoms with Crippen molar-refractivity contribution in [2.75, 3.05) is 11.5 Å². The van der Waals surface area contributed by atoms with Gasteiger partial charge in [-0.1, -0.05) is 73.5 Å². The van der Waals surface area contributed by atoms with Crippen molar-refractivity contribution in [3.63, 3.8) is 0 Å². The van der Waals surface area contributed by atoms with Gasteiger partial charge in [-0.15, -0.1) is 0 Å². The number of carbonyl (C=O) groups is 1. The molecule has 2 aromatic carbocycles. The van der Waals surface area contributed by atoms with Crippen LogP contribution in [0.5, 0.6) is 0 Å². The number of aliphatic hydroxyl groups excluding tert-OH is 1. The standard InChI is InChI=1S/C30H38N2O5S/c1-29(25(33)21-27(31)34,23-13-5-3-6-14-23)17-9-11-19-38(36)20-12-10-18-30(2,24-15-7-4-8-16-24)26-22-28(35)32-37-26/h3-8,13-16,21-22,33H,9-12,17-20H2,1-2H3,(H2,31,34)(H,32,35)/b25-21-. The van der Waals surface area contributed by atoms with E-state index in [1.54, 1.807) is 0 Å². The van der Waals surface area contributed by atoms with Crippen molar-refractivity contribution in [3.05, 3.63) is 106 Å². The molecule has 0 bridgehead atoms. The van der Waals surface area contributed by atoms with Crippen molar-refractivity contribution >= 4 is 16.7 Å². The zero-order chi connectivity index (χ0) is 27.6. The Hall–Kier alpha value is -3.39. The first kappa shape index (κ1) is 29.2. The number of nitrogens with one attached hydrogen (secondary N) is 1. The second-order valence-corrected chi connectivity index (χ2v) is 11.9. The molecule has 1 amide bonds. The van der Waals surface area contributed by atoms with Crippen LogP contribution in [0.3, 0.4) is 0 Å². The first-order valence-corrected chi connectivity index (χ1v) is 14.5. The Morgan fingerprint density at radius 2 is 1.50 bits per heavy atom. The van der Waals surface area contributed by atoms with E-state index in [-0.39, 0.29) is 11.3 Å². The van der Waals surface area contributed by atoms with Gasteiger partial charge in [0.25, 0.3) is 5.56 Å². The molecule has 3 atom stereocenters. The lowest BCUT2D eigenvalue weighted by Gasteiger charge is -2.29. The number of nitrogens with two attached hydrogens (primary N) is 1. The van der Waals surface area contributed by atoms with Gasteiger partial charge in [-0.25, -0.2) is 0 Å². The van der Waals surface area contributed by atoms with Crippen molar-refractivity contribution in [2.45, 2.75) is 63.2 Å². The number of allylic oxidation sites excluding steroid dienone is 1. The Morgan fingerprint density at radius 3 is 2.03 bits per heavy atom. The molecule has 3 unspecified atom stereocenters. The highest BCUT2D eigenvalue weighted by Crippen LogP contribution is 2.37. The summed E-state index contributed by atoms with van der Waals surface area (Å²) in [6.07, 6.45) is 5.56. The van der Waals surface area contributed by atoms with Crippen LogP contribution >= 0.6 is 0 Å². The Labute approximate surface area is 226 Å². The molecule has 7 nitrogen and oxygen atoms in total. The smallest absolute Gasteiger partial charge is 0.280 e. The lowest BCUT2D eigenvalue weighted by molar-refractivity contribution is -0.113. The fourth-order valence-electron chi connectivity index (χ4n) is 4.88. The number of hydrogen-bond acceptors (Lipinski definition) is 5. The Morgan fingerprint density at radius 1 is 0.947 bits per heavy atom. The van der Waals surface area contributed by atoms with Gasteiger partial charge in [0.05, 0.1) is 5.41 Å². The quantitative estimate of drug-likeness (QED) is 0.138. The van der Waals surface area contributed by atoms with Gasteiger partial charge in [-0.2, -0.15) is 5.16 Å². The number of carbonyl (C=O) groups excluding carboxylic acids is 1. The number of amides is 1. The van der Waals surface area contributed by atoms with Crippen LogP contribution in [0.25, 0.3) is 0 Å². The molecule has 4 N–H and O–H groups in total. The van der Waals surface area contributed by atoms with Gasteiger partial charge in [0, 0.05) is 39.9 Å². The molecular weight excluding hydrogens is 500 g/mol. The molecule has 0 saturated carbocycles. The normalized spacial score (nSPS) is 15.9. The van der Waals surface area contributed by atoms with E-state index in [0.717, 1.165) is 49.3 Å². The number of aromatic amines is 1. The van der Waals surface area contributed by atoms with E-state index in [4.69, 9.17) is 10.3 Å². The third-order valence-corrected chi connectivity index (χ3v) is 8.82. The van der Waals surface area contributed by atoms with Crippen molar-refractivity contribution in [2.24, 2.45) is 5.73 Å². The maximum absolute atomic E-state index is 12.7. The SMILES string of the molecule is CC(CCCCS(=O)CCCCC(C)(c1ccccc1)c1cc(=O)[nH]o1)(/C(O)=C/C(N)=O)c1ccccc1. The molecule has 0 radical (unpaired) electrons. The van der Waals surface area contributed by atoms with E-state index < -0.39 is 27.5 Å². The minimum Gasteiger partial charge on any atom is -0.511 e. The number of aromatic nitrogens is 1. The summed E-state index contributed by atoms with van der Waals surface area (Å²) in [5.41, 5.74) is 5.79. The maximum Gasteiger partial charge on any atom is 0.280 e.